The largest absolute Gasteiger partial charge is 0.343 e. The Bertz CT molecular complexity index is 416. The third-order valence-electron chi connectivity index (χ3n) is 3.09. The Morgan fingerprint density at radius 3 is 2.47 bits per heavy atom. The molecule has 0 radical (unpaired) electrons. The van der Waals surface area contributed by atoms with E-state index in [4.69, 9.17) is 5.26 Å². The summed E-state index contributed by atoms with van der Waals surface area (Å²) in [6, 6.07) is 1.95. The predicted octanol–water partition coefficient (Wildman–Crippen LogP) is -0.951. The molecule has 3 amide bonds. The number of nitrogens with zero attached hydrogens (tertiary/aromatic N) is 4. The molecule has 1 aliphatic heterocycles. The van der Waals surface area contributed by atoms with Crippen LogP contribution < -0.4 is 0 Å². The van der Waals surface area contributed by atoms with E-state index < -0.39 is 11.8 Å². The minimum atomic E-state index is -0.630. The first-order chi connectivity index (χ1) is 9.01. The Morgan fingerprint density at radius 1 is 1.32 bits per heavy atom. The summed E-state index contributed by atoms with van der Waals surface area (Å²) in [6.45, 7) is 3.35. The molecular formula is C12H18N4O3. The first-order valence-corrected chi connectivity index (χ1v) is 6.20. The highest BCUT2D eigenvalue weighted by Crippen LogP contribution is 2.05. The molecule has 0 unspecified atom stereocenters. The van der Waals surface area contributed by atoms with E-state index in [1.54, 1.807) is 7.05 Å². The normalized spacial score (nSPS) is 15.4. The highest BCUT2D eigenvalue weighted by molar-refractivity contribution is 6.35. The maximum atomic E-state index is 11.8. The van der Waals surface area contributed by atoms with Crippen LogP contribution in [-0.2, 0) is 14.4 Å². The fraction of sp³-hybridized carbons (Fsp3) is 0.667. The van der Waals surface area contributed by atoms with Crippen LogP contribution in [-0.4, -0.2) is 72.2 Å². The average Bonchev–Trinajstić information content (AvgIpc) is 2.41. The molecule has 7 nitrogen and oxygen atoms in total. The van der Waals surface area contributed by atoms with Gasteiger partial charge in [0.25, 0.3) is 0 Å². The highest BCUT2D eigenvalue weighted by atomic mass is 16.2. The van der Waals surface area contributed by atoms with Crippen LogP contribution in [0.25, 0.3) is 0 Å². The van der Waals surface area contributed by atoms with Crippen molar-refractivity contribution in [2.45, 2.75) is 13.3 Å². The lowest BCUT2D eigenvalue weighted by Crippen LogP contribution is -2.56. The molecule has 0 bridgehead atoms. The topological polar surface area (TPSA) is 84.7 Å². The molecule has 1 aliphatic rings. The van der Waals surface area contributed by atoms with Crippen molar-refractivity contribution in [1.29, 1.82) is 5.26 Å². The molecule has 0 aromatic heterocycles. The predicted molar refractivity (Wildman–Crippen MR) is 66.7 cm³/mol. The Labute approximate surface area is 112 Å². The second-order valence-electron chi connectivity index (χ2n) is 4.33. The molecule has 104 valence electrons. The maximum absolute atomic E-state index is 11.8. The molecule has 0 saturated carbocycles. The van der Waals surface area contributed by atoms with E-state index in [0.717, 1.165) is 0 Å². The molecular weight excluding hydrogens is 248 g/mol. The van der Waals surface area contributed by atoms with Crippen LogP contribution in [0.3, 0.4) is 0 Å². The van der Waals surface area contributed by atoms with Crippen LogP contribution in [0.1, 0.15) is 13.3 Å². The van der Waals surface area contributed by atoms with E-state index in [1.807, 2.05) is 13.0 Å². The van der Waals surface area contributed by atoms with Crippen molar-refractivity contribution in [2.24, 2.45) is 0 Å². The fourth-order valence-corrected chi connectivity index (χ4v) is 1.79. The molecule has 0 N–H and O–H groups in total. The van der Waals surface area contributed by atoms with Crippen LogP contribution in [0.4, 0.5) is 0 Å². The number of carbonyl (C=O) groups excluding carboxylic acids is 3. The first kappa shape index (κ1) is 15.0. The molecule has 19 heavy (non-hydrogen) atoms. The molecule has 0 aromatic carbocycles. The molecule has 1 fully saturated rings. The minimum Gasteiger partial charge on any atom is -0.343 e. The van der Waals surface area contributed by atoms with Crippen molar-refractivity contribution < 1.29 is 14.4 Å². The molecule has 1 saturated heterocycles. The van der Waals surface area contributed by atoms with E-state index >= 15 is 0 Å². The Balaban J connectivity index is 2.54. The van der Waals surface area contributed by atoms with Crippen molar-refractivity contribution in [3.63, 3.8) is 0 Å². The molecule has 0 aliphatic carbocycles. The summed E-state index contributed by atoms with van der Waals surface area (Å²) in [4.78, 5) is 39.4. The van der Waals surface area contributed by atoms with Crippen molar-refractivity contribution in [2.75, 3.05) is 39.8 Å². The van der Waals surface area contributed by atoms with Crippen LogP contribution in [0.5, 0.6) is 0 Å². The maximum Gasteiger partial charge on any atom is 0.312 e. The number of hydrogen-bond acceptors (Lipinski definition) is 4. The summed E-state index contributed by atoms with van der Waals surface area (Å²) in [5.41, 5.74) is 0. The van der Waals surface area contributed by atoms with Crippen molar-refractivity contribution in [3.05, 3.63) is 0 Å². The van der Waals surface area contributed by atoms with Crippen LogP contribution in [0, 0.1) is 11.3 Å². The standard InChI is InChI=1S/C12H18N4O3/c1-3-15-7-8-16(12(19)11(15)18)9-10(17)14(2)6-4-5-13/h3-4,6-9H2,1-2H3. The average molecular weight is 266 g/mol. The van der Waals surface area contributed by atoms with Gasteiger partial charge in [-0.1, -0.05) is 0 Å². The summed E-state index contributed by atoms with van der Waals surface area (Å²) in [6.07, 6.45) is 0.249. The summed E-state index contributed by atoms with van der Waals surface area (Å²) < 4.78 is 0. The SMILES string of the molecule is CCN1CCN(CC(=O)N(C)CCC#N)C(=O)C1=O. The summed E-state index contributed by atoms with van der Waals surface area (Å²) in [5, 5.41) is 8.45. The van der Waals surface area contributed by atoms with Gasteiger partial charge in [0.15, 0.2) is 0 Å². The van der Waals surface area contributed by atoms with Crippen molar-refractivity contribution >= 4 is 17.7 Å². The van der Waals surface area contributed by atoms with Crippen LogP contribution in [0.2, 0.25) is 0 Å². The van der Waals surface area contributed by atoms with E-state index in [0.29, 0.717) is 26.2 Å². The zero-order valence-corrected chi connectivity index (χ0v) is 11.3. The monoisotopic (exact) mass is 266 g/mol. The quantitative estimate of drug-likeness (QED) is 0.600. The second-order valence-corrected chi connectivity index (χ2v) is 4.33. The van der Waals surface area contributed by atoms with E-state index in [-0.39, 0.29) is 18.9 Å². The summed E-state index contributed by atoms with van der Waals surface area (Å²) in [5.74, 6) is -1.45. The van der Waals surface area contributed by atoms with Gasteiger partial charge in [0.05, 0.1) is 12.5 Å². The number of nitriles is 1. The second kappa shape index (κ2) is 6.73. The number of piperazine rings is 1. The van der Waals surface area contributed by atoms with Gasteiger partial charge in [-0.2, -0.15) is 5.26 Å². The zero-order valence-electron chi connectivity index (χ0n) is 11.3. The third-order valence-corrected chi connectivity index (χ3v) is 3.09. The lowest BCUT2D eigenvalue weighted by atomic mass is 10.2. The third kappa shape index (κ3) is 3.68. The molecule has 7 heteroatoms. The van der Waals surface area contributed by atoms with Gasteiger partial charge in [-0.05, 0) is 6.92 Å². The van der Waals surface area contributed by atoms with Gasteiger partial charge in [-0.25, -0.2) is 0 Å². The Kier molecular flexibility index (Phi) is 5.30. The Hall–Kier alpha value is -2.10. The summed E-state index contributed by atoms with van der Waals surface area (Å²) >= 11 is 0. The van der Waals surface area contributed by atoms with Crippen LogP contribution >= 0.6 is 0 Å². The van der Waals surface area contributed by atoms with Gasteiger partial charge in [0.2, 0.25) is 5.91 Å². The highest BCUT2D eigenvalue weighted by Gasteiger charge is 2.32. The molecule has 1 heterocycles. The molecule has 0 atom stereocenters. The van der Waals surface area contributed by atoms with Gasteiger partial charge in [-0.3, -0.25) is 14.4 Å². The fourth-order valence-electron chi connectivity index (χ4n) is 1.79. The molecule has 1 rings (SSSR count). The number of carbonyl (C=O) groups is 3. The Morgan fingerprint density at radius 2 is 1.89 bits per heavy atom. The number of amides is 3. The number of rotatable bonds is 5. The van der Waals surface area contributed by atoms with Gasteiger partial charge in [0, 0.05) is 33.2 Å². The van der Waals surface area contributed by atoms with E-state index in [9.17, 15) is 14.4 Å². The van der Waals surface area contributed by atoms with Gasteiger partial charge in [0.1, 0.15) is 6.54 Å². The lowest BCUT2D eigenvalue weighted by molar-refractivity contribution is -0.157. The number of hydrogen-bond donors (Lipinski definition) is 0. The summed E-state index contributed by atoms with van der Waals surface area (Å²) in [7, 11) is 1.58. The van der Waals surface area contributed by atoms with Gasteiger partial charge >= 0.3 is 11.8 Å². The minimum absolute atomic E-state index is 0.107. The smallest absolute Gasteiger partial charge is 0.312 e. The lowest BCUT2D eigenvalue weighted by Gasteiger charge is -2.33. The number of likely N-dealkylation sites (N-methyl/N-ethyl adjacent to an activating group) is 2. The van der Waals surface area contributed by atoms with E-state index in [1.165, 1.54) is 14.7 Å². The van der Waals surface area contributed by atoms with Crippen molar-refractivity contribution in [3.8, 4) is 6.07 Å². The zero-order chi connectivity index (χ0) is 14.4. The van der Waals surface area contributed by atoms with E-state index in [2.05, 4.69) is 0 Å². The molecule has 0 spiro atoms. The van der Waals surface area contributed by atoms with Gasteiger partial charge < -0.3 is 14.7 Å². The molecule has 0 aromatic rings. The van der Waals surface area contributed by atoms with Crippen molar-refractivity contribution in [1.82, 2.24) is 14.7 Å². The first-order valence-electron chi connectivity index (χ1n) is 6.20. The van der Waals surface area contributed by atoms with Gasteiger partial charge in [-0.15, -0.1) is 0 Å². The van der Waals surface area contributed by atoms with Crippen LogP contribution in [0.15, 0.2) is 0 Å².